The molecule has 0 aromatic heterocycles. The standard InChI is InChI=1S/C36H23Cl/c37-35-18-8-17-31(26-21-19-25(20-22-26)29-16-7-11-24-9-1-3-12-28(24)29)36(35)34-23-27-10-2-4-13-30(27)32-14-5-6-15-33(32)34/h1-23H. The van der Waals surface area contributed by atoms with Crippen molar-refractivity contribution in [3.05, 3.63) is 145 Å². The molecule has 0 aliphatic carbocycles. The van der Waals surface area contributed by atoms with Crippen LogP contribution in [-0.4, -0.2) is 0 Å². The first kappa shape index (κ1) is 21.9. The number of halogens is 1. The van der Waals surface area contributed by atoms with Gasteiger partial charge in [0.1, 0.15) is 0 Å². The molecule has 7 rings (SSSR count). The molecule has 7 aromatic carbocycles. The Bertz CT molecular complexity index is 1920. The van der Waals surface area contributed by atoms with Crippen LogP contribution in [0.4, 0.5) is 0 Å². The first-order chi connectivity index (χ1) is 18.3. The van der Waals surface area contributed by atoms with Gasteiger partial charge in [-0.2, -0.15) is 0 Å². The molecule has 0 nitrogen and oxygen atoms in total. The van der Waals surface area contributed by atoms with Gasteiger partial charge < -0.3 is 0 Å². The third-order valence-corrected chi connectivity index (χ3v) is 7.66. The van der Waals surface area contributed by atoms with E-state index in [2.05, 4.69) is 127 Å². The van der Waals surface area contributed by atoms with Crippen LogP contribution in [0.5, 0.6) is 0 Å². The van der Waals surface area contributed by atoms with E-state index < -0.39 is 0 Å². The fraction of sp³-hybridized carbons (Fsp3) is 0. The molecular weight excluding hydrogens is 468 g/mol. The van der Waals surface area contributed by atoms with E-state index in [-0.39, 0.29) is 0 Å². The maximum Gasteiger partial charge on any atom is 0.0490 e. The van der Waals surface area contributed by atoms with Crippen molar-refractivity contribution in [2.75, 3.05) is 0 Å². The molecular formula is C36H23Cl. The average Bonchev–Trinajstić information content (AvgIpc) is 2.96. The third kappa shape index (κ3) is 3.69. The lowest BCUT2D eigenvalue weighted by atomic mass is 9.88. The Morgan fingerprint density at radius 2 is 0.892 bits per heavy atom. The highest BCUT2D eigenvalue weighted by atomic mass is 35.5. The second kappa shape index (κ2) is 8.92. The molecule has 0 atom stereocenters. The van der Waals surface area contributed by atoms with E-state index in [0.717, 1.165) is 27.3 Å². The zero-order valence-electron chi connectivity index (χ0n) is 20.2. The van der Waals surface area contributed by atoms with Crippen molar-refractivity contribution in [1.29, 1.82) is 0 Å². The van der Waals surface area contributed by atoms with Crippen LogP contribution in [0.3, 0.4) is 0 Å². The summed E-state index contributed by atoms with van der Waals surface area (Å²) in [5, 5.41) is 8.21. The molecule has 0 unspecified atom stereocenters. The van der Waals surface area contributed by atoms with E-state index in [9.17, 15) is 0 Å². The lowest BCUT2D eigenvalue weighted by Gasteiger charge is -2.17. The first-order valence-electron chi connectivity index (χ1n) is 12.6. The Kier molecular flexibility index (Phi) is 5.27. The number of benzene rings is 7. The average molecular weight is 491 g/mol. The number of fused-ring (bicyclic) bond motifs is 4. The van der Waals surface area contributed by atoms with Crippen molar-refractivity contribution >= 4 is 43.9 Å². The van der Waals surface area contributed by atoms with Gasteiger partial charge in [-0.1, -0.05) is 139 Å². The van der Waals surface area contributed by atoms with Crippen LogP contribution in [0.2, 0.25) is 5.02 Å². The molecule has 174 valence electrons. The maximum absolute atomic E-state index is 6.96. The molecule has 0 aliphatic heterocycles. The molecule has 0 heterocycles. The summed E-state index contributed by atoms with van der Waals surface area (Å²) in [6.45, 7) is 0. The van der Waals surface area contributed by atoms with Gasteiger partial charge >= 0.3 is 0 Å². The van der Waals surface area contributed by atoms with Gasteiger partial charge in [-0.15, -0.1) is 0 Å². The van der Waals surface area contributed by atoms with Gasteiger partial charge in [0.25, 0.3) is 0 Å². The zero-order chi connectivity index (χ0) is 24.8. The minimum Gasteiger partial charge on any atom is -0.0836 e. The monoisotopic (exact) mass is 490 g/mol. The van der Waals surface area contributed by atoms with Gasteiger partial charge in [0.15, 0.2) is 0 Å². The van der Waals surface area contributed by atoms with Crippen LogP contribution in [0.25, 0.3) is 65.7 Å². The maximum atomic E-state index is 6.96. The quantitative estimate of drug-likeness (QED) is 0.216. The van der Waals surface area contributed by atoms with Gasteiger partial charge in [-0.25, -0.2) is 0 Å². The predicted molar refractivity (Wildman–Crippen MR) is 160 cm³/mol. The molecule has 0 saturated heterocycles. The van der Waals surface area contributed by atoms with Crippen LogP contribution >= 0.6 is 11.6 Å². The highest BCUT2D eigenvalue weighted by Gasteiger charge is 2.16. The molecule has 0 radical (unpaired) electrons. The van der Waals surface area contributed by atoms with Crippen molar-refractivity contribution in [3.63, 3.8) is 0 Å². The van der Waals surface area contributed by atoms with E-state index >= 15 is 0 Å². The Labute approximate surface area is 221 Å². The Hall–Kier alpha value is -4.39. The van der Waals surface area contributed by atoms with Crippen LogP contribution in [0, 0.1) is 0 Å². The summed E-state index contributed by atoms with van der Waals surface area (Å²) in [6.07, 6.45) is 0. The second-order valence-corrected chi connectivity index (χ2v) is 9.86. The summed E-state index contributed by atoms with van der Waals surface area (Å²) >= 11 is 6.96. The van der Waals surface area contributed by atoms with E-state index in [0.29, 0.717) is 0 Å². The van der Waals surface area contributed by atoms with Crippen molar-refractivity contribution < 1.29 is 0 Å². The van der Waals surface area contributed by atoms with Gasteiger partial charge in [-0.3, -0.25) is 0 Å². The van der Waals surface area contributed by atoms with E-state index in [1.807, 2.05) is 12.1 Å². The van der Waals surface area contributed by atoms with Crippen LogP contribution in [-0.2, 0) is 0 Å². The van der Waals surface area contributed by atoms with Gasteiger partial charge in [0, 0.05) is 10.6 Å². The molecule has 0 amide bonds. The smallest absolute Gasteiger partial charge is 0.0490 e. The van der Waals surface area contributed by atoms with Crippen LogP contribution in [0.1, 0.15) is 0 Å². The second-order valence-electron chi connectivity index (χ2n) is 9.46. The first-order valence-corrected chi connectivity index (χ1v) is 12.9. The minimum atomic E-state index is 0.760. The number of rotatable bonds is 3. The molecule has 0 fully saturated rings. The number of hydrogen-bond donors (Lipinski definition) is 0. The van der Waals surface area contributed by atoms with Crippen molar-refractivity contribution in [1.82, 2.24) is 0 Å². The van der Waals surface area contributed by atoms with Crippen LogP contribution in [0.15, 0.2) is 140 Å². The van der Waals surface area contributed by atoms with E-state index in [1.54, 1.807) is 0 Å². The normalized spacial score (nSPS) is 11.4. The fourth-order valence-corrected chi connectivity index (χ4v) is 5.88. The topological polar surface area (TPSA) is 0 Å². The summed E-state index contributed by atoms with van der Waals surface area (Å²) in [4.78, 5) is 0. The van der Waals surface area contributed by atoms with Gasteiger partial charge in [0.05, 0.1) is 0 Å². The summed E-state index contributed by atoms with van der Waals surface area (Å²) in [7, 11) is 0. The lowest BCUT2D eigenvalue weighted by molar-refractivity contribution is 1.59. The van der Waals surface area contributed by atoms with Crippen molar-refractivity contribution in [3.8, 4) is 33.4 Å². The minimum absolute atomic E-state index is 0.760. The fourth-order valence-electron chi connectivity index (χ4n) is 5.61. The summed E-state index contributed by atoms with van der Waals surface area (Å²) in [6, 6.07) is 49.6. The van der Waals surface area contributed by atoms with Crippen molar-refractivity contribution in [2.24, 2.45) is 0 Å². The molecule has 7 aromatic rings. The van der Waals surface area contributed by atoms with Crippen molar-refractivity contribution in [2.45, 2.75) is 0 Å². The highest BCUT2D eigenvalue weighted by Crippen LogP contribution is 2.43. The molecule has 0 saturated carbocycles. The lowest BCUT2D eigenvalue weighted by Crippen LogP contribution is -1.90. The molecule has 37 heavy (non-hydrogen) atoms. The Morgan fingerprint density at radius 1 is 0.351 bits per heavy atom. The largest absolute Gasteiger partial charge is 0.0836 e. The summed E-state index contributed by atoms with van der Waals surface area (Å²) < 4.78 is 0. The number of hydrogen-bond acceptors (Lipinski definition) is 0. The molecule has 0 spiro atoms. The van der Waals surface area contributed by atoms with E-state index in [4.69, 9.17) is 11.6 Å². The molecule has 0 aliphatic rings. The van der Waals surface area contributed by atoms with Gasteiger partial charge in [0.2, 0.25) is 0 Å². The molecule has 1 heteroatoms. The summed E-state index contributed by atoms with van der Waals surface area (Å²) in [5.41, 5.74) is 6.98. The van der Waals surface area contributed by atoms with Crippen LogP contribution < -0.4 is 0 Å². The SMILES string of the molecule is Clc1cccc(-c2ccc(-c3cccc4ccccc34)cc2)c1-c1cc2ccccc2c2ccccc12. The Morgan fingerprint density at radius 3 is 1.68 bits per heavy atom. The Balaban J connectivity index is 1.42. The third-order valence-electron chi connectivity index (χ3n) is 7.35. The molecule has 0 N–H and O–H groups in total. The predicted octanol–water partition coefficient (Wildman–Crippen LogP) is 10.8. The highest BCUT2D eigenvalue weighted by molar-refractivity contribution is 6.35. The van der Waals surface area contributed by atoms with Gasteiger partial charge in [-0.05, 0) is 72.3 Å². The zero-order valence-corrected chi connectivity index (χ0v) is 20.9. The van der Waals surface area contributed by atoms with E-state index in [1.165, 1.54) is 43.4 Å². The summed E-state index contributed by atoms with van der Waals surface area (Å²) in [5.74, 6) is 0. The molecule has 0 bridgehead atoms.